The van der Waals surface area contributed by atoms with E-state index >= 15 is 0 Å². The number of carbonyl (C=O) groups is 1. The van der Waals surface area contributed by atoms with Gasteiger partial charge in [0.1, 0.15) is 12.1 Å². The summed E-state index contributed by atoms with van der Waals surface area (Å²) in [5, 5.41) is 11.0. The van der Waals surface area contributed by atoms with Crippen molar-refractivity contribution in [2.24, 2.45) is 0 Å². The highest BCUT2D eigenvalue weighted by molar-refractivity contribution is 7.80. The standard InChI is InChI=1S/C12H14N6OS/c1-2-7-13-12(20)16-15-11(19)8-18-10-6-4-3-5-9(10)14-17-18/h2-6H,1,7-8H2,(H,15,19)(H2,13,16,20). The Morgan fingerprint density at radius 2 is 2.20 bits per heavy atom. The van der Waals surface area contributed by atoms with E-state index < -0.39 is 0 Å². The van der Waals surface area contributed by atoms with Crippen LogP contribution in [0.5, 0.6) is 0 Å². The summed E-state index contributed by atoms with van der Waals surface area (Å²) in [5.41, 5.74) is 6.62. The van der Waals surface area contributed by atoms with E-state index in [4.69, 9.17) is 12.2 Å². The predicted molar refractivity (Wildman–Crippen MR) is 79.6 cm³/mol. The van der Waals surface area contributed by atoms with Crippen LogP contribution >= 0.6 is 12.2 Å². The monoisotopic (exact) mass is 290 g/mol. The van der Waals surface area contributed by atoms with Crippen molar-refractivity contribution in [3.63, 3.8) is 0 Å². The number of fused-ring (bicyclic) bond motifs is 1. The number of carbonyl (C=O) groups excluding carboxylic acids is 1. The van der Waals surface area contributed by atoms with Gasteiger partial charge in [-0.3, -0.25) is 15.6 Å². The number of para-hydroxylation sites is 1. The minimum absolute atomic E-state index is 0.0532. The van der Waals surface area contributed by atoms with Gasteiger partial charge in [0.15, 0.2) is 5.11 Å². The lowest BCUT2D eigenvalue weighted by Gasteiger charge is -2.10. The summed E-state index contributed by atoms with van der Waals surface area (Å²) in [6.07, 6.45) is 1.66. The Morgan fingerprint density at radius 3 is 3.00 bits per heavy atom. The van der Waals surface area contributed by atoms with E-state index in [9.17, 15) is 4.79 Å². The second kappa shape index (κ2) is 6.62. The molecule has 3 N–H and O–H groups in total. The maximum atomic E-state index is 11.8. The van der Waals surface area contributed by atoms with Gasteiger partial charge >= 0.3 is 0 Å². The maximum absolute atomic E-state index is 11.8. The third kappa shape index (κ3) is 3.51. The molecule has 0 fully saturated rings. The van der Waals surface area contributed by atoms with Gasteiger partial charge in [-0.15, -0.1) is 11.7 Å². The zero-order valence-electron chi connectivity index (χ0n) is 10.7. The van der Waals surface area contributed by atoms with Crippen molar-refractivity contribution in [3.05, 3.63) is 36.9 Å². The topological polar surface area (TPSA) is 83.9 Å². The molecule has 1 aromatic carbocycles. The summed E-state index contributed by atoms with van der Waals surface area (Å²) in [7, 11) is 0. The summed E-state index contributed by atoms with van der Waals surface area (Å²) in [6.45, 7) is 4.13. The second-order valence-electron chi connectivity index (χ2n) is 3.91. The molecule has 1 heterocycles. The Bertz CT molecular complexity index is 638. The third-order valence-electron chi connectivity index (χ3n) is 2.44. The smallest absolute Gasteiger partial charge is 0.260 e. The molecule has 0 aliphatic heterocycles. The number of hydrogen-bond acceptors (Lipinski definition) is 4. The molecule has 2 rings (SSSR count). The van der Waals surface area contributed by atoms with Crippen molar-refractivity contribution in [2.45, 2.75) is 6.54 Å². The van der Waals surface area contributed by atoms with Crippen LogP contribution in [0.4, 0.5) is 0 Å². The fraction of sp³-hybridized carbons (Fsp3) is 0.167. The second-order valence-corrected chi connectivity index (χ2v) is 4.32. The van der Waals surface area contributed by atoms with E-state index in [-0.39, 0.29) is 12.5 Å². The average molecular weight is 290 g/mol. The van der Waals surface area contributed by atoms with E-state index in [1.54, 1.807) is 6.08 Å². The molecule has 0 atom stereocenters. The van der Waals surface area contributed by atoms with Gasteiger partial charge in [0.25, 0.3) is 5.91 Å². The lowest BCUT2D eigenvalue weighted by molar-refractivity contribution is -0.122. The van der Waals surface area contributed by atoms with Gasteiger partial charge in [-0.25, -0.2) is 4.68 Å². The lowest BCUT2D eigenvalue weighted by atomic mass is 10.3. The molecule has 0 radical (unpaired) electrons. The number of thiocarbonyl (C=S) groups is 1. The van der Waals surface area contributed by atoms with E-state index in [1.165, 1.54) is 4.68 Å². The minimum Gasteiger partial charge on any atom is -0.358 e. The number of rotatable bonds is 4. The average Bonchev–Trinajstić information content (AvgIpc) is 2.86. The zero-order valence-corrected chi connectivity index (χ0v) is 11.5. The van der Waals surface area contributed by atoms with Gasteiger partial charge in [-0.2, -0.15) is 0 Å². The van der Waals surface area contributed by atoms with Gasteiger partial charge in [-0.05, 0) is 24.4 Å². The quantitative estimate of drug-likeness (QED) is 0.421. The summed E-state index contributed by atoms with van der Waals surface area (Å²) >= 11 is 4.94. The SMILES string of the molecule is C=CCNC(=S)NNC(=O)Cn1nnc2ccccc21. The molecule has 104 valence electrons. The highest BCUT2D eigenvalue weighted by Crippen LogP contribution is 2.08. The van der Waals surface area contributed by atoms with Gasteiger partial charge in [0.05, 0.1) is 5.52 Å². The number of hydrazine groups is 1. The van der Waals surface area contributed by atoms with Crippen LogP contribution in [0.3, 0.4) is 0 Å². The minimum atomic E-state index is -0.275. The Hall–Kier alpha value is -2.48. The van der Waals surface area contributed by atoms with Gasteiger partial charge in [0.2, 0.25) is 0 Å². The number of benzene rings is 1. The Labute approximate surface area is 121 Å². The number of hydrogen-bond donors (Lipinski definition) is 3. The molecular formula is C12H14N6OS. The fourth-order valence-electron chi connectivity index (χ4n) is 1.55. The third-order valence-corrected chi connectivity index (χ3v) is 2.68. The van der Waals surface area contributed by atoms with Crippen molar-refractivity contribution in [1.29, 1.82) is 0 Å². The molecule has 0 spiro atoms. The number of nitrogens with one attached hydrogen (secondary N) is 3. The number of aromatic nitrogens is 3. The molecule has 0 aliphatic rings. The van der Waals surface area contributed by atoms with Crippen molar-refractivity contribution in [3.8, 4) is 0 Å². The van der Waals surface area contributed by atoms with E-state index in [0.29, 0.717) is 11.7 Å². The van der Waals surface area contributed by atoms with Crippen molar-refractivity contribution in [2.75, 3.05) is 6.54 Å². The van der Waals surface area contributed by atoms with Crippen LogP contribution in [0, 0.1) is 0 Å². The first-order chi connectivity index (χ1) is 9.70. The summed E-state index contributed by atoms with van der Waals surface area (Å²) in [4.78, 5) is 11.8. The molecule has 0 saturated carbocycles. The van der Waals surface area contributed by atoms with Crippen LogP contribution < -0.4 is 16.2 Å². The number of nitrogens with zero attached hydrogens (tertiary/aromatic N) is 3. The molecule has 7 nitrogen and oxygen atoms in total. The maximum Gasteiger partial charge on any atom is 0.260 e. The first kappa shape index (κ1) is 13.9. The molecule has 8 heteroatoms. The summed E-state index contributed by atoms with van der Waals surface area (Å²) in [6, 6.07) is 7.43. The molecular weight excluding hydrogens is 276 g/mol. The van der Waals surface area contributed by atoms with E-state index in [2.05, 4.69) is 33.1 Å². The predicted octanol–water partition coefficient (Wildman–Crippen LogP) is 0.113. The highest BCUT2D eigenvalue weighted by Gasteiger charge is 2.08. The van der Waals surface area contributed by atoms with Gasteiger partial charge in [-0.1, -0.05) is 23.4 Å². The molecule has 1 amide bonds. The highest BCUT2D eigenvalue weighted by atomic mass is 32.1. The molecule has 0 aliphatic carbocycles. The van der Waals surface area contributed by atoms with E-state index in [1.807, 2.05) is 24.3 Å². The normalized spacial score (nSPS) is 10.0. The molecule has 0 saturated heterocycles. The van der Waals surface area contributed by atoms with Crippen LogP contribution in [0.25, 0.3) is 11.0 Å². The molecule has 1 aromatic heterocycles. The van der Waals surface area contributed by atoms with Crippen molar-refractivity contribution >= 4 is 34.3 Å². The Morgan fingerprint density at radius 1 is 1.40 bits per heavy atom. The summed E-state index contributed by atoms with van der Waals surface area (Å²) in [5.74, 6) is -0.275. The van der Waals surface area contributed by atoms with Crippen LogP contribution in [-0.2, 0) is 11.3 Å². The van der Waals surface area contributed by atoms with Crippen molar-refractivity contribution < 1.29 is 4.79 Å². The van der Waals surface area contributed by atoms with Crippen LogP contribution in [0.1, 0.15) is 0 Å². The first-order valence-electron chi connectivity index (χ1n) is 5.92. The van der Waals surface area contributed by atoms with Gasteiger partial charge in [0, 0.05) is 6.54 Å². The number of amides is 1. The van der Waals surface area contributed by atoms with Crippen LogP contribution in [0.2, 0.25) is 0 Å². The molecule has 20 heavy (non-hydrogen) atoms. The molecule has 0 unspecified atom stereocenters. The van der Waals surface area contributed by atoms with Gasteiger partial charge < -0.3 is 5.32 Å². The van der Waals surface area contributed by atoms with E-state index in [0.717, 1.165) is 11.0 Å². The Kier molecular flexibility index (Phi) is 4.61. The molecule has 2 aromatic rings. The fourth-order valence-corrected chi connectivity index (χ4v) is 1.68. The zero-order chi connectivity index (χ0) is 14.4. The lowest BCUT2D eigenvalue weighted by Crippen LogP contribution is -2.47. The molecule has 0 bridgehead atoms. The van der Waals surface area contributed by atoms with Crippen LogP contribution in [-0.4, -0.2) is 32.6 Å². The Balaban J connectivity index is 1.88. The first-order valence-corrected chi connectivity index (χ1v) is 6.33. The van der Waals surface area contributed by atoms with Crippen molar-refractivity contribution in [1.82, 2.24) is 31.2 Å². The summed E-state index contributed by atoms with van der Waals surface area (Å²) < 4.78 is 1.52. The largest absolute Gasteiger partial charge is 0.358 e. The van der Waals surface area contributed by atoms with Crippen LogP contribution in [0.15, 0.2) is 36.9 Å².